The highest BCUT2D eigenvalue weighted by molar-refractivity contribution is 4.72. The van der Waals surface area contributed by atoms with Crippen LogP contribution < -0.4 is 5.73 Å². The summed E-state index contributed by atoms with van der Waals surface area (Å²) in [7, 11) is 0. The Morgan fingerprint density at radius 2 is 1.92 bits per heavy atom. The fourth-order valence-electron chi connectivity index (χ4n) is 0.539. The molecule has 0 fully saturated rings. The van der Waals surface area contributed by atoms with Gasteiger partial charge in [-0.25, -0.2) is 0 Å². The van der Waals surface area contributed by atoms with E-state index in [1.54, 1.807) is 0 Å². The Morgan fingerprint density at radius 3 is 2.31 bits per heavy atom. The van der Waals surface area contributed by atoms with Crippen molar-refractivity contribution in [2.24, 2.45) is 5.73 Å². The van der Waals surface area contributed by atoms with E-state index in [9.17, 15) is 18.3 Å². The van der Waals surface area contributed by atoms with E-state index in [0.717, 1.165) is 0 Å². The van der Waals surface area contributed by atoms with Gasteiger partial charge >= 0.3 is 6.18 Å². The van der Waals surface area contributed by atoms with Gasteiger partial charge in [-0.1, -0.05) is 0 Å². The lowest BCUT2D eigenvalue weighted by atomic mass is 10.1. The smallest absolute Gasteiger partial charge is 0.386 e. The first-order valence-electron chi connectivity index (χ1n) is 3.84. The summed E-state index contributed by atoms with van der Waals surface area (Å²) in [5.74, 6) is 0. The quantitative estimate of drug-likeness (QED) is 0.642. The lowest BCUT2D eigenvalue weighted by Gasteiger charge is -2.20. The topological polar surface area (TPSA) is 55.5 Å². The molecule has 3 nitrogen and oxygen atoms in total. The number of rotatable bonds is 5. The highest BCUT2D eigenvalue weighted by Gasteiger charge is 2.27. The van der Waals surface area contributed by atoms with Crippen molar-refractivity contribution in [3.63, 3.8) is 0 Å². The Morgan fingerprint density at radius 1 is 1.38 bits per heavy atom. The molecule has 0 spiro atoms. The third kappa shape index (κ3) is 8.01. The summed E-state index contributed by atoms with van der Waals surface area (Å²) < 4.78 is 39.4. The Balaban J connectivity index is 3.47. The van der Waals surface area contributed by atoms with Gasteiger partial charge in [0.25, 0.3) is 0 Å². The summed E-state index contributed by atoms with van der Waals surface area (Å²) in [5.41, 5.74) is 3.88. The minimum Gasteiger partial charge on any atom is -0.386 e. The summed E-state index contributed by atoms with van der Waals surface area (Å²) in [4.78, 5) is 0. The van der Waals surface area contributed by atoms with Crippen LogP contribution in [0.5, 0.6) is 0 Å². The zero-order valence-electron chi connectivity index (χ0n) is 7.40. The van der Waals surface area contributed by atoms with Crippen molar-refractivity contribution < 1.29 is 23.0 Å². The molecule has 1 unspecified atom stereocenters. The van der Waals surface area contributed by atoms with E-state index in [0.29, 0.717) is 0 Å². The molecule has 0 amide bonds. The molecular formula is C7H14F3NO2. The molecule has 0 aromatic carbocycles. The molecule has 80 valence electrons. The van der Waals surface area contributed by atoms with Gasteiger partial charge < -0.3 is 15.6 Å². The molecule has 0 heterocycles. The second-order valence-electron chi connectivity index (χ2n) is 3.12. The molecule has 0 aliphatic heterocycles. The van der Waals surface area contributed by atoms with E-state index in [2.05, 4.69) is 4.74 Å². The summed E-state index contributed by atoms with van der Waals surface area (Å²) in [5, 5.41) is 9.22. The van der Waals surface area contributed by atoms with Crippen molar-refractivity contribution >= 4 is 0 Å². The van der Waals surface area contributed by atoms with Crippen LogP contribution in [0.15, 0.2) is 0 Å². The van der Waals surface area contributed by atoms with Crippen LogP contribution in [0, 0.1) is 0 Å². The van der Waals surface area contributed by atoms with Gasteiger partial charge in [0.1, 0.15) is 0 Å². The van der Waals surface area contributed by atoms with E-state index in [-0.39, 0.29) is 13.2 Å². The first-order valence-corrected chi connectivity index (χ1v) is 3.84. The van der Waals surface area contributed by atoms with Crippen molar-refractivity contribution in [3.8, 4) is 0 Å². The Bertz CT molecular complexity index is 147. The van der Waals surface area contributed by atoms with Crippen LogP contribution in [-0.4, -0.2) is 36.6 Å². The van der Waals surface area contributed by atoms with Crippen LogP contribution in [0.1, 0.15) is 13.3 Å². The first-order chi connectivity index (χ1) is 5.77. The molecule has 0 aliphatic rings. The SMILES string of the molecule is CC(O)(CN)COCCC(F)(F)F. The first kappa shape index (κ1) is 12.7. The zero-order valence-corrected chi connectivity index (χ0v) is 7.40. The molecule has 0 bridgehead atoms. The monoisotopic (exact) mass is 201 g/mol. The van der Waals surface area contributed by atoms with Crippen LogP contribution in [0.2, 0.25) is 0 Å². The molecule has 0 radical (unpaired) electrons. The Kier molecular flexibility index (Phi) is 4.66. The van der Waals surface area contributed by atoms with Crippen molar-refractivity contribution in [1.29, 1.82) is 0 Å². The van der Waals surface area contributed by atoms with Gasteiger partial charge in [0.15, 0.2) is 0 Å². The van der Waals surface area contributed by atoms with Crippen LogP contribution in [0.25, 0.3) is 0 Å². The standard InChI is InChI=1S/C7H14F3NO2/c1-6(12,4-11)5-13-3-2-7(8,9)10/h12H,2-5,11H2,1H3. The highest BCUT2D eigenvalue weighted by atomic mass is 19.4. The summed E-state index contributed by atoms with van der Waals surface area (Å²) >= 11 is 0. The number of hydrogen-bond acceptors (Lipinski definition) is 3. The van der Waals surface area contributed by atoms with Crippen molar-refractivity contribution in [2.45, 2.75) is 25.1 Å². The fourth-order valence-corrected chi connectivity index (χ4v) is 0.539. The molecule has 0 aromatic rings. The van der Waals surface area contributed by atoms with Crippen molar-refractivity contribution in [3.05, 3.63) is 0 Å². The number of hydrogen-bond donors (Lipinski definition) is 2. The van der Waals surface area contributed by atoms with E-state index < -0.39 is 24.8 Å². The minimum absolute atomic E-state index is 0.0426. The average molecular weight is 201 g/mol. The van der Waals surface area contributed by atoms with E-state index in [1.165, 1.54) is 6.92 Å². The average Bonchev–Trinajstić information content (AvgIpc) is 1.97. The molecule has 0 saturated heterocycles. The largest absolute Gasteiger partial charge is 0.391 e. The number of aliphatic hydroxyl groups is 1. The van der Waals surface area contributed by atoms with E-state index in [1.807, 2.05) is 0 Å². The van der Waals surface area contributed by atoms with Gasteiger partial charge in [-0.05, 0) is 6.92 Å². The molecular weight excluding hydrogens is 187 g/mol. The second kappa shape index (κ2) is 4.78. The van der Waals surface area contributed by atoms with E-state index >= 15 is 0 Å². The number of ether oxygens (including phenoxy) is 1. The second-order valence-corrected chi connectivity index (χ2v) is 3.12. The Labute approximate surface area is 74.7 Å². The van der Waals surface area contributed by atoms with Crippen LogP contribution >= 0.6 is 0 Å². The maximum Gasteiger partial charge on any atom is 0.391 e. The van der Waals surface area contributed by atoms with Gasteiger partial charge in [-0.2, -0.15) is 13.2 Å². The van der Waals surface area contributed by atoms with Gasteiger partial charge in [0.05, 0.1) is 25.2 Å². The zero-order chi connectivity index (χ0) is 10.5. The predicted octanol–water partition coefficient (Wildman–Crippen LogP) is 0.665. The van der Waals surface area contributed by atoms with Crippen molar-refractivity contribution in [2.75, 3.05) is 19.8 Å². The Hall–Kier alpha value is -0.330. The van der Waals surface area contributed by atoms with Gasteiger partial charge in [-0.3, -0.25) is 0 Å². The molecule has 0 aliphatic carbocycles. The molecule has 6 heteroatoms. The van der Waals surface area contributed by atoms with Gasteiger partial charge in [0, 0.05) is 6.54 Å². The number of alkyl halides is 3. The molecule has 3 N–H and O–H groups in total. The summed E-state index contributed by atoms with van der Waals surface area (Å²) in [6.45, 7) is 0.735. The maximum atomic E-state index is 11.6. The third-order valence-corrected chi connectivity index (χ3v) is 1.38. The molecule has 0 rings (SSSR count). The summed E-state index contributed by atoms with van der Waals surface area (Å²) in [6, 6.07) is 0. The molecule has 0 saturated carbocycles. The third-order valence-electron chi connectivity index (χ3n) is 1.38. The lowest BCUT2D eigenvalue weighted by Crippen LogP contribution is -2.39. The minimum atomic E-state index is -4.21. The summed E-state index contributed by atoms with van der Waals surface area (Å²) in [6.07, 6.45) is -5.22. The molecule has 0 aromatic heterocycles. The lowest BCUT2D eigenvalue weighted by molar-refractivity contribution is -0.149. The normalized spacial score (nSPS) is 17.1. The van der Waals surface area contributed by atoms with Crippen molar-refractivity contribution in [1.82, 2.24) is 0 Å². The van der Waals surface area contributed by atoms with E-state index in [4.69, 9.17) is 5.73 Å². The predicted molar refractivity (Wildman–Crippen MR) is 41.2 cm³/mol. The highest BCUT2D eigenvalue weighted by Crippen LogP contribution is 2.19. The van der Waals surface area contributed by atoms with Gasteiger partial charge in [-0.15, -0.1) is 0 Å². The fraction of sp³-hybridized carbons (Fsp3) is 1.00. The van der Waals surface area contributed by atoms with Crippen LogP contribution in [0.4, 0.5) is 13.2 Å². The molecule has 13 heavy (non-hydrogen) atoms. The number of nitrogens with two attached hydrogens (primary N) is 1. The maximum absolute atomic E-state index is 11.6. The molecule has 1 atom stereocenters. The van der Waals surface area contributed by atoms with Gasteiger partial charge in [0.2, 0.25) is 0 Å². The van der Waals surface area contributed by atoms with Crippen LogP contribution in [0.3, 0.4) is 0 Å². The number of halogens is 3. The van der Waals surface area contributed by atoms with Crippen LogP contribution in [-0.2, 0) is 4.74 Å².